The Morgan fingerprint density at radius 2 is 2.20 bits per heavy atom. The van der Waals surface area contributed by atoms with Crippen LogP contribution in [0.25, 0.3) is 0 Å². The van der Waals surface area contributed by atoms with Crippen LogP contribution in [-0.4, -0.2) is 29.8 Å². The number of aromatic amines is 1. The molecule has 0 aromatic carbocycles. The van der Waals surface area contributed by atoms with Crippen molar-refractivity contribution in [1.82, 2.24) is 14.8 Å². The molecule has 0 spiro atoms. The van der Waals surface area contributed by atoms with E-state index in [2.05, 4.69) is 21.7 Å². The van der Waals surface area contributed by atoms with Crippen molar-refractivity contribution in [1.29, 1.82) is 0 Å². The summed E-state index contributed by atoms with van der Waals surface area (Å²) in [6, 6.07) is -0.156. The Morgan fingerprint density at radius 3 is 2.80 bits per heavy atom. The average molecular weight is 301 g/mol. The number of sulfonamides is 1. The molecule has 0 aliphatic heterocycles. The quantitative estimate of drug-likeness (QED) is 0.791. The maximum Gasteiger partial charge on any atom is 0.306 e. The van der Waals surface area contributed by atoms with Crippen molar-refractivity contribution in [2.24, 2.45) is 11.8 Å². The fraction of sp³-hybridized carbons (Fsp3) is 0.846. The second-order valence-electron chi connectivity index (χ2n) is 6.17. The van der Waals surface area contributed by atoms with Crippen LogP contribution in [0.5, 0.6) is 0 Å². The molecule has 2 rings (SSSR count). The Kier molecular flexibility index (Phi) is 4.80. The van der Waals surface area contributed by atoms with E-state index in [0.29, 0.717) is 12.5 Å². The molecule has 0 amide bonds. The van der Waals surface area contributed by atoms with Crippen molar-refractivity contribution in [3.8, 4) is 0 Å². The van der Waals surface area contributed by atoms with Gasteiger partial charge in [-0.25, -0.2) is 13.1 Å². The summed E-state index contributed by atoms with van der Waals surface area (Å²) in [5, 5.41) is 2.66. The molecule has 6 nitrogen and oxygen atoms in total. The van der Waals surface area contributed by atoms with Gasteiger partial charge in [-0.2, -0.15) is 9.78 Å². The molecule has 1 fully saturated rings. The molecule has 0 saturated heterocycles. The lowest BCUT2D eigenvalue weighted by molar-refractivity contribution is -0.752. The molecule has 1 aliphatic carbocycles. The Balaban J connectivity index is 1.96. The Bertz CT molecular complexity index is 514. The lowest BCUT2D eigenvalue weighted by Gasteiger charge is -2.32. The molecule has 0 bridgehead atoms. The van der Waals surface area contributed by atoms with Crippen molar-refractivity contribution >= 4 is 10.0 Å². The highest BCUT2D eigenvalue weighted by Gasteiger charge is 2.35. The molecule has 2 N–H and O–H groups in total. The van der Waals surface area contributed by atoms with Gasteiger partial charge in [0.15, 0.2) is 0 Å². The van der Waals surface area contributed by atoms with Gasteiger partial charge in [-0.1, -0.05) is 13.8 Å². The predicted molar refractivity (Wildman–Crippen MR) is 76.3 cm³/mol. The fourth-order valence-corrected chi connectivity index (χ4v) is 5.13. The molecule has 1 aliphatic rings. The van der Waals surface area contributed by atoms with Gasteiger partial charge < -0.3 is 0 Å². The van der Waals surface area contributed by atoms with Gasteiger partial charge >= 0.3 is 6.33 Å². The largest absolute Gasteiger partial charge is 0.306 e. The van der Waals surface area contributed by atoms with Crippen molar-refractivity contribution in [3.05, 3.63) is 12.7 Å². The molecule has 1 saturated carbocycles. The van der Waals surface area contributed by atoms with Crippen LogP contribution in [-0.2, 0) is 16.6 Å². The standard InChI is InChI=1S/C13H24N4O2S/c1-10-4-5-13(11(2)6-10)20(18,19)16-12(3)7-17-9-14-8-15-17/h8-13,16H,4-7H2,1-3H3/p+1/t10?,11?,12-,13?/m0/s1. The van der Waals surface area contributed by atoms with Gasteiger partial charge in [0, 0.05) is 0 Å². The highest BCUT2D eigenvalue weighted by molar-refractivity contribution is 7.90. The molecule has 1 aromatic heterocycles. The SMILES string of the molecule is CC1CCC(S(=O)(=O)N[C@@H](C)C[n+]2cnc[nH]2)C(C)C1. The number of H-pyrrole nitrogens is 1. The lowest BCUT2D eigenvalue weighted by Crippen LogP contribution is -2.50. The van der Waals surface area contributed by atoms with Crippen LogP contribution in [0.1, 0.15) is 40.0 Å². The predicted octanol–water partition coefficient (Wildman–Crippen LogP) is 0.830. The second kappa shape index (κ2) is 6.22. The zero-order chi connectivity index (χ0) is 14.8. The monoisotopic (exact) mass is 301 g/mol. The third kappa shape index (κ3) is 3.79. The Hall–Kier alpha value is -0.950. The molecule has 20 heavy (non-hydrogen) atoms. The number of aromatic nitrogens is 3. The smallest absolute Gasteiger partial charge is 0.212 e. The first-order chi connectivity index (χ1) is 9.38. The van der Waals surface area contributed by atoms with Gasteiger partial charge in [-0.15, -0.1) is 0 Å². The van der Waals surface area contributed by atoms with E-state index >= 15 is 0 Å². The van der Waals surface area contributed by atoms with E-state index in [-0.39, 0.29) is 17.2 Å². The van der Waals surface area contributed by atoms with E-state index in [4.69, 9.17) is 0 Å². The first-order valence-electron chi connectivity index (χ1n) is 7.27. The summed E-state index contributed by atoms with van der Waals surface area (Å²) in [6.07, 6.45) is 5.98. The minimum atomic E-state index is -3.26. The van der Waals surface area contributed by atoms with Gasteiger partial charge in [-0.05, 0) is 43.0 Å². The molecule has 1 heterocycles. The first kappa shape index (κ1) is 15.4. The molecular weight excluding hydrogens is 276 g/mol. The lowest BCUT2D eigenvalue weighted by atomic mass is 9.83. The summed E-state index contributed by atoms with van der Waals surface area (Å²) in [5.74, 6) is 0.859. The van der Waals surface area contributed by atoms with E-state index in [0.717, 1.165) is 19.3 Å². The van der Waals surface area contributed by atoms with Crippen molar-refractivity contribution in [2.75, 3.05) is 0 Å². The number of nitrogens with zero attached hydrogens (tertiary/aromatic N) is 2. The van der Waals surface area contributed by atoms with Crippen molar-refractivity contribution < 1.29 is 13.1 Å². The van der Waals surface area contributed by atoms with Gasteiger partial charge in [0.2, 0.25) is 16.4 Å². The maximum atomic E-state index is 12.5. The van der Waals surface area contributed by atoms with E-state index in [1.807, 2.05) is 13.8 Å². The third-order valence-electron chi connectivity index (χ3n) is 4.09. The summed E-state index contributed by atoms with van der Waals surface area (Å²) in [5.41, 5.74) is 0. The summed E-state index contributed by atoms with van der Waals surface area (Å²) in [6.45, 7) is 6.68. The Labute approximate surface area is 121 Å². The number of nitrogens with one attached hydrogen (secondary N) is 2. The van der Waals surface area contributed by atoms with E-state index in [9.17, 15) is 8.42 Å². The van der Waals surface area contributed by atoms with E-state index in [1.54, 1.807) is 17.3 Å². The van der Waals surface area contributed by atoms with E-state index in [1.165, 1.54) is 0 Å². The van der Waals surface area contributed by atoms with Crippen LogP contribution in [0.2, 0.25) is 0 Å². The van der Waals surface area contributed by atoms with Crippen molar-refractivity contribution in [3.63, 3.8) is 0 Å². The molecule has 114 valence electrons. The molecular formula is C13H25N4O2S+. The molecule has 0 radical (unpaired) electrons. The number of hydrogen-bond acceptors (Lipinski definition) is 3. The van der Waals surface area contributed by atoms with Crippen LogP contribution in [0, 0.1) is 11.8 Å². The average Bonchev–Trinajstić information content (AvgIpc) is 2.79. The van der Waals surface area contributed by atoms with Gasteiger partial charge in [-0.3, -0.25) is 0 Å². The Morgan fingerprint density at radius 1 is 1.45 bits per heavy atom. The highest BCUT2D eigenvalue weighted by atomic mass is 32.2. The zero-order valence-electron chi connectivity index (χ0n) is 12.4. The van der Waals surface area contributed by atoms with Crippen LogP contribution in [0.3, 0.4) is 0 Å². The minimum Gasteiger partial charge on any atom is -0.212 e. The third-order valence-corrected chi connectivity index (χ3v) is 6.32. The van der Waals surface area contributed by atoms with Gasteiger partial charge in [0.1, 0.15) is 6.54 Å². The van der Waals surface area contributed by atoms with Crippen LogP contribution >= 0.6 is 0 Å². The summed E-state index contributed by atoms with van der Waals surface area (Å²) >= 11 is 0. The van der Waals surface area contributed by atoms with Crippen LogP contribution < -0.4 is 9.40 Å². The summed E-state index contributed by atoms with van der Waals surface area (Å²) in [7, 11) is -3.26. The van der Waals surface area contributed by atoms with E-state index < -0.39 is 10.0 Å². The van der Waals surface area contributed by atoms with Crippen LogP contribution in [0.15, 0.2) is 12.7 Å². The topological polar surface area (TPSA) is 78.7 Å². The molecule has 7 heteroatoms. The zero-order valence-corrected chi connectivity index (χ0v) is 13.2. The van der Waals surface area contributed by atoms with Crippen LogP contribution in [0.4, 0.5) is 0 Å². The minimum absolute atomic E-state index is 0.156. The molecule has 1 aromatic rings. The van der Waals surface area contributed by atoms with Crippen molar-refractivity contribution in [2.45, 2.75) is 57.9 Å². The maximum absolute atomic E-state index is 12.5. The fourth-order valence-electron chi connectivity index (χ4n) is 3.15. The number of rotatable bonds is 5. The second-order valence-corrected chi connectivity index (χ2v) is 8.10. The van der Waals surface area contributed by atoms with Gasteiger partial charge in [0.25, 0.3) is 0 Å². The summed E-state index contributed by atoms with van der Waals surface area (Å²) in [4.78, 5) is 3.91. The summed E-state index contributed by atoms with van der Waals surface area (Å²) < 4.78 is 29.6. The number of hydrogen-bond donors (Lipinski definition) is 2. The first-order valence-corrected chi connectivity index (χ1v) is 8.82. The molecule has 4 atom stereocenters. The van der Waals surface area contributed by atoms with Gasteiger partial charge in [0.05, 0.1) is 11.3 Å². The highest BCUT2D eigenvalue weighted by Crippen LogP contribution is 2.32. The molecule has 3 unspecified atom stereocenters. The normalized spacial score (nSPS) is 29.2.